The first-order valence-electron chi connectivity index (χ1n) is 3.91. The maximum absolute atomic E-state index is 12.5. The second kappa shape index (κ2) is 3.57. The molecule has 3 heteroatoms. The molecule has 0 aliphatic heterocycles. The first kappa shape index (κ1) is 8.87. The van der Waals surface area contributed by atoms with Crippen molar-refractivity contribution in [1.82, 2.24) is 4.98 Å². The van der Waals surface area contributed by atoms with Crippen LogP contribution in [-0.4, -0.2) is 4.98 Å². The summed E-state index contributed by atoms with van der Waals surface area (Å²) in [5.41, 5.74) is 1.44. The Morgan fingerprint density at radius 2 is 2.15 bits per heavy atom. The predicted molar refractivity (Wildman–Crippen MR) is 59.3 cm³/mol. The van der Waals surface area contributed by atoms with E-state index in [2.05, 4.69) is 27.6 Å². The van der Waals surface area contributed by atoms with Crippen molar-refractivity contribution < 1.29 is 4.39 Å². The molecule has 0 fully saturated rings. The van der Waals surface area contributed by atoms with Crippen molar-refractivity contribution in [2.24, 2.45) is 0 Å². The van der Waals surface area contributed by atoms with Crippen molar-refractivity contribution in [2.45, 2.75) is 6.67 Å². The van der Waals surface area contributed by atoms with Crippen molar-refractivity contribution in [1.29, 1.82) is 0 Å². The summed E-state index contributed by atoms with van der Waals surface area (Å²) in [6, 6.07) is 7.53. The van der Waals surface area contributed by atoms with Gasteiger partial charge in [-0.25, -0.2) is 4.39 Å². The van der Waals surface area contributed by atoms with E-state index in [1.54, 1.807) is 12.3 Å². The van der Waals surface area contributed by atoms with E-state index in [-0.39, 0.29) is 0 Å². The van der Waals surface area contributed by atoms with E-state index in [4.69, 9.17) is 0 Å². The van der Waals surface area contributed by atoms with Gasteiger partial charge in [-0.15, -0.1) is 0 Å². The molecule has 0 saturated heterocycles. The molecule has 0 amide bonds. The Morgan fingerprint density at radius 3 is 2.92 bits per heavy atom. The van der Waals surface area contributed by atoms with Crippen LogP contribution in [0.4, 0.5) is 4.39 Å². The summed E-state index contributed by atoms with van der Waals surface area (Å²) in [6.45, 7) is -0.454. The van der Waals surface area contributed by atoms with E-state index in [1.807, 2.05) is 18.2 Å². The Hall–Kier alpha value is -0.710. The highest BCUT2D eigenvalue weighted by atomic mass is 127. The average molecular weight is 287 g/mol. The van der Waals surface area contributed by atoms with Crippen LogP contribution in [0, 0.1) is 3.57 Å². The summed E-state index contributed by atoms with van der Waals surface area (Å²) in [5, 5.41) is 1.03. The molecule has 0 radical (unpaired) electrons. The summed E-state index contributed by atoms with van der Waals surface area (Å²) in [7, 11) is 0. The first-order valence-corrected chi connectivity index (χ1v) is 4.99. The summed E-state index contributed by atoms with van der Waals surface area (Å²) < 4.78 is 13.7. The fraction of sp³-hybridized carbons (Fsp3) is 0.100. The van der Waals surface area contributed by atoms with Crippen molar-refractivity contribution >= 4 is 33.5 Å². The van der Waals surface area contributed by atoms with Gasteiger partial charge in [0.15, 0.2) is 0 Å². The first-order chi connectivity index (χ1) is 6.33. The Balaban J connectivity index is 2.84. The fourth-order valence-electron chi connectivity index (χ4n) is 1.30. The summed E-state index contributed by atoms with van der Waals surface area (Å²) in [5.74, 6) is 0. The van der Waals surface area contributed by atoms with E-state index in [0.29, 0.717) is 5.56 Å². The number of nitrogens with zero attached hydrogens (tertiary/aromatic N) is 1. The van der Waals surface area contributed by atoms with Crippen LogP contribution < -0.4 is 0 Å². The zero-order chi connectivity index (χ0) is 9.26. The van der Waals surface area contributed by atoms with Gasteiger partial charge in [-0.05, 0) is 34.7 Å². The SMILES string of the molecule is FCc1ccc(I)c2cccnc12. The number of benzene rings is 1. The maximum atomic E-state index is 12.5. The van der Waals surface area contributed by atoms with Crippen molar-refractivity contribution in [3.05, 3.63) is 39.6 Å². The average Bonchev–Trinajstić information content (AvgIpc) is 2.19. The zero-order valence-electron chi connectivity index (χ0n) is 6.80. The lowest BCUT2D eigenvalue weighted by Crippen LogP contribution is -1.87. The van der Waals surface area contributed by atoms with Gasteiger partial charge >= 0.3 is 0 Å². The van der Waals surface area contributed by atoms with E-state index >= 15 is 0 Å². The molecule has 1 heterocycles. The second-order valence-electron chi connectivity index (χ2n) is 2.74. The number of hydrogen-bond donors (Lipinski definition) is 0. The van der Waals surface area contributed by atoms with Gasteiger partial charge < -0.3 is 0 Å². The number of alkyl halides is 1. The minimum Gasteiger partial charge on any atom is -0.256 e. The molecular formula is C10H7FIN. The summed E-state index contributed by atoms with van der Waals surface area (Å²) in [6.07, 6.45) is 1.69. The molecule has 0 atom stereocenters. The molecule has 0 N–H and O–H groups in total. The second-order valence-corrected chi connectivity index (χ2v) is 3.90. The lowest BCUT2D eigenvalue weighted by molar-refractivity contribution is 0.487. The van der Waals surface area contributed by atoms with Crippen LogP contribution in [0.2, 0.25) is 0 Å². The number of aromatic nitrogens is 1. The number of halogens is 2. The minimum atomic E-state index is -0.454. The van der Waals surface area contributed by atoms with Gasteiger partial charge in [0.2, 0.25) is 0 Å². The molecule has 1 aromatic heterocycles. The van der Waals surface area contributed by atoms with E-state index in [0.717, 1.165) is 14.5 Å². The van der Waals surface area contributed by atoms with Crippen LogP contribution in [0.5, 0.6) is 0 Å². The van der Waals surface area contributed by atoms with Gasteiger partial charge in [-0.1, -0.05) is 12.1 Å². The number of pyridine rings is 1. The van der Waals surface area contributed by atoms with Crippen molar-refractivity contribution in [2.75, 3.05) is 0 Å². The molecule has 0 aliphatic rings. The van der Waals surface area contributed by atoms with Crippen LogP contribution in [0.3, 0.4) is 0 Å². The third-order valence-corrected chi connectivity index (χ3v) is 2.88. The molecule has 0 spiro atoms. The molecule has 0 bridgehead atoms. The smallest absolute Gasteiger partial charge is 0.117 e. The quantitative estimate of drug-likeness (QED) is 0.733. The maximum Gasteiger partial charge on any atom is 0.117 e. The van der Waals surface area contributed by atoms with Gasteiger partial charge in [0, 0.05) is 20.7 Å². The number of fused-ring (bicyclic) bond motifs is 1. The standard InChI is InChI=1S/C10H7FIN/c11-6-7-3-4-9(12)8-2-1-5-13-10(7)8/h1-5H,6H2. The fourth-order valence-corrected chi connectivity index (χ4v) is 1.92. The van der Waals surface area contributed by atoms with Crippen LogP contribution in [0.15, 0.2) is 30.5 Å². The normalized spacial score (nSPS) is 10.6. The lowest BCUT2D eigenvalue weighted by Gasteiger charge is -2.02. The topological polar surface area (TPSA) is 12.9 Å². The monoisotopic (exact) mass is 287 g/mol. The molecule has 0 saturated carbocycles. The molecule has 1 nitrogen and oxygen atoms in total. The number of hydrogen-bond acceptors (Lipinski definition) is 1. The molecule has 1 aromatic carbocycles. The van der Waals surface area contributed by atoms with Crippen LogP contribution in [-0.2, 0) is 6.67 Å². The molecule has 2 rings (SSSR count). The van der Waals surface area contributed by atoms with Crippen LogP contribution in [0.25, 0.3) is 10.9 Å². The van der Waals surface area contributed by atoms with E-state index in [1.165, 1.54) is 0 Å². The third-order valence-electron chi connectivity index (χ3n) is 1.94. The Bertz CT molecular complexity index is 442. The van der Waals surface area contributed by atoms with Crippen LogP contribution >= 0.6 is 22.6 Å². The van der Waals surface area contributed by atoms with E-state index in [9.17, 15) is 4.39 Å². The van der Waals surface area contributed by atoms with Gasteiger partial charge in [-0.2, -0.15) is 0 Å². The largest absolute Gasteiger partial charge is 0.256 e. The highest BCUT2D eigenvalue weighted by Crippen LogP contribution is 2.22. The molecule has 2 aromatic rings. The highest BCUT2D eigenvalue weighted by molar-refractivity contribution is 14.1. The van der Waals surface area contributed by atoms with Gasteiger partial charge in [0.05, 0.1) is 5.52 Å². The molecular weight excluding hydrogens is 280 g/mol. The minimum absolute atomic E-state index is 0.454. The van der Waals surface area contributed by atoms with Crippen LogP contribution in [0.1, 0.15) is 5.56 Å². The van der Waals surface area contributed by atoms with Crippen molar-refractivity contribution in [3.63, 3.8) is 0 Å². The van der Waals surface area contributed by atoms with Crippen molar-refractivity contribution in [3.8, 4) is 0 Å². The molecule has 0 unspecified atom stereocenters. The number of rotatable bonds is 1. The molecule has 66 valence electrons. The highest BCUT2D eigenvalue weighted by Gasteiger charge is 2.03. The molecule has 13 heavy (non-hydrogen) atoms. The van der Waals surface area contributed by atoms with E-state index < -0.39 is 6.67 Å². The Labute approximate surface area is 89.1 Å². The summed E-state index contributed by atoms with van der Waals surface area (Å²) >= 11 is 2.23. The van der Waals surface area contributed by atoms with Gasteiger partial charge in [-0.3, -0.25) is 4.98 Å². The lowest BCUT2D eigenvalue weighted by atomic mass is 10.1. The Morgan fingerprint density at radius 1 is 1.31 bits per heavy atom. The third kappa shape index (κ3) is 1.52. The summed E-state index contributed by atoms with van der Waals surface area (Å²) in [4.78, 5) is 4.17. The predicted octanol–water partition coefficient (Wildman–Crippen LogP) is 3.31. The van der Waals surface area contributed by atoms with Gasteiger partial charge in [0.25, 0.3) is 0 Å². The zero-order valence-corrected chi connectivity index (χ0v) is 8.95. The van der Waals surface area contributed by atoms with Gasteiger partial charge in [0.1, 0.15) is 6.67 Å². The Kier molecular flexibility index (Phi) is 2.44. The molecule has 0 aliphatic carbocycles.